The molecule has 1 aromatic heterocycles. The van der Waals surface area contributed by atoms with Crippen LogP contribution in [0.15, 0.2) is 71.8 Å². The van der Waals surface area contributed by atoms with Gasteiger partial charge < -0.3 is 5.11 Å². The van der Waals surface area contributed by atoms with Crippen LogP contribution in [0.2, 0.25) is 0 Å². The molecule has 0 radical (unpaired) electrons. The van der Waals surface area contributed by atoms with Crippen LogP contribution in [0.4, 0.5) is 0 Å². The fourth-order valence-electron chi connectivity index (χ4n) is 3.16. The number of thioether (sulfide) groups is 1. The van der Waals surface area contributed by atoms with E-state index in [4.69, 9.17) is 4.98 Å². The number of benzene rings is 2. The smallest absolute Gasteiger partial charge is 0.115 e. The minimum absolute atomic E-state index is 0.249. The lowest BCUT2D eigenvalue weighted by molar-refractivity contribution is 0.224. The van der Waals surface area contributed by atoms with E-state index in [1.165, 1.54) is 11.8 Å². The normalized spacial score (nSPS) is 12.8. The van der Waals surface area contributed by atoms with Crippen LogP contribution >= 0.6 is 11.8 Å². The van der Waals surface area contributed by atoms with Crippen LogP contribution in [-0.4, -0.2) is 37.7 Å². The molecule has 0 amide bonds. The summed E-state index contributed by atoms with van der Waals surface area (Å²) < 4.78 is 12.1. The van der Waals surface area contributed by atoms with Crippen molar-refractivity contribution < 1.29 is 9.32 Å². The van der Waals surface area contributed by atoms with E-state index >= 15 is 0 Å². The molecule has 1 heterocycles. The van der Waals surface area contributed by atoms with Crippen molar-refractivity contribution >= 4 is 22.6 Å². The van der Waals surface area contributed by atoms with Crippen molar-refractivity contribution in [1.29, 1.82) is 5.26 Å². The highest BCUT2D eigenvalue weighted by Gasteiger charge is 2.18. The van der Waals surface area contributed by atoms with Gasteiger partial charge in [0.25, 0.3) is 0 Å². The third-order valence-corrected chi connectivity index (χ3v) is 7.39. The molecule has 3 rings (SSSR count). The van der Waals surface area contributed by atoms with Crippen LogP contribution in [0.3, 0.4) is 0 Å². The molecule has 0 aliphatic carbocycles. The molecule has 1 N–H and O–H groups in total. The summed E-state index contributed by atoms with van der Waals surface area (Å²) in [6.07, 6.45) is 1.17. The second-order valence-corrected chi connectivity index (χ2v) is 9.84. The summed E-state index contributed by atoms with van der Waals surface area (Å²) in [5.74, 6) is 1.20. The van der Waals surface area contributed by atoms with Crippen LogP contribution in [0.1, 0.15) is 25.3 Å². The van der Waals surface area contributed by atoms with E-state index < -0.39 is 16.9 Å². The zero-order valence-corrected chi connectivity index (χ0v) is 19.2. The van der Waals surface area contributed by atoms with Gasteiger partial charge in [-0.05, 0) is 18.1 Å². The monoisotopic (exact) mass is 450 g/mol. The topological polar surface area (TPSA) is 74.0 Å². The first-order chi connectivity index (χ1) is 15.1. The highest BCUT2D eigenvalue weighted by molar-refractivity contribution is 7.99. The van der Waals surface area contributed by atoms with Gasteiger partial charge in [-0.1, -0.05) is 74.0 Å². The van der Waals surface area contributed by atoms with Gasteiger partial charge in [-0.3, -0.25) is 4.21 Å². The molecule has 0 spiro atoms. The molecule has 3 aromatic rings. The van der Waals surface area contributed by atoms with E-state index in [-0.39, 0.29) is 5.75 Å². The lowest BCUT2D eigenvalue weighted by atomic mass is 9.99. The van der Waals surface area contributed by atoms with Gasteiger partial charge in [0.1, 0.15) is 11.1 Å². The molecule has 4 nitrogen and oxygen atoms in total. The zero-order chi connectivity index (χ0) is 22.1. The number of nitrogens with zero attached hydrogens (tertiary/aromatic N) is 2. The van der Waals surface area contributed by atoms with Crippen LogP contribution in [0.25, 0.3) is 22.4 Å². The highest BCUT2D eigenvalue weighted by atomic mass is 32.2. The molecule has 6 heteroatoms. The van der Waals surface area contributed by atoms with Crippen molar-refractivity contribution in [2.45, 2.75) is 30.9 Å². The Bertz CT molecular complexity index is 1050. The van der Waals surface area contributed by atoms with Gasteiger partial charge in [0, 0.05) is 33.4 Å². The summed E-state index contributed by atoms with van der Waals surface area (Å²) in [6.45, 7) is 2.06. The Balaban J connectivity index is 1.91. The number of unbranched alkanes of at least 4 members (excludes halogenated alkanes) is 1. The predicted molar refractivity (Wildman–Crippen MR) is 129 cm³/mol. The van der Waals surface area contributed by atoms with E-state index in [9.17, 15) is 14.6 Å². The van der Waals surface area contributed by atoms with Crippen LogP contribution in [0, 0.1) is 11.3 Å². The van der Waals surface area contributed by atoms with Crippen molar-refractivity contribution in [3.8, 4) is 28.5 Å². The fraction of sp³-hybridized carbons (Fsp3) is 0.280. The maximum Gasteiger partial charge on any atom is 0.115 e. The molecule has 0 fully saturated rings. The van der Waals surface area contributed by atoms with Crippen molar-refractivity contribution in [2.75, 3.05) is 17.3 Å². The van der Waals surface area contributed by atoms with E-state index in [2.05, 4.69) is 13.0 Å². The Morgan fingerprint density at radius 3 is 2.35 bits per heavy atom. The molecule has 31 heavy (non-hydrogen) atoms. The van der Waals surface area contributed by atoms with Gasteiger partial charge in [0.15, 0.2) is 0 Å². The lowest BCUT2D eigenvalue weighted by Crippen LogP contribution is -2.21. The molecule has 2 aromatic carbocycles. The summed E-state index contributed by atoms with van der Waals surface area (Å²) in [5.41, 5.74) is 4.01. The van der Waals surface area contributed by atoms with Crippen LogP contribution < -0.4 is 0 Å². The van der Waals surface area contributed by atoms with Crippen LogP contribution in [0.5, 0.6) is 0 Å². The molecule has 0 aliphatic heterocycles. The van der Waals surface area contributed by atoms with E-state index in [1.54, 1.807) is 0 Å². The molecule has 0 bridgehead atoms. The molecule has 2 atom stereocenters. The Labute approximate surface area is 190 Å². The molecule has 2 unspecified atom stereocenters. The molecule has 0 aliphatic rings. The summed E-state index contributed by atoms with van der Waals surface area (Å²) >= 11 is 1.35. The number of aromatic nitrogens is 1. The standard InChI is InChI=1S/C25H26N2O2S2/c1-2-3-14-31(29)18-21(28)17-30-25-23(16-26)22(19-10-6-4-7-11-19)15-24(27-25)20-12-8-5-9-13-20/h4-13,15,21,28H,2-3,14,17-18H2,1H3. The number of hydrogen-bond donors (Lipinski definition) is 1. The first-order valence-electron chi connectivity index (χ1n) is 10.3. The average molecular weight is 451 g/mol. The predicted octanol–water partition coefficient (Wildman–Crippen LogP) is 5.29. The fourth-order valence-corrected chi connectivity index (χ4v) is 5.57. The highest BCUT2D eigenvalue weighted by Crippen LogP contribution is 2.34. The SMILES string of the molecule is CCCCS(=O)CC(O)CSc1nc(-c2ccccc2)cc(-c2ccccc2)c1C#N. The first-order valence-corrected chi connectivity index (χ1v) is 12.8. The lowest BCUT2D eigenvalue weighted by Gasteiger charge is -2.14. The molecule has 160 valence electrons. The summed E-state index contributed by atoms with van der Waals surface area (Å²) in [7, 11) is -1.03. The number of rotatable bonds is 10. The van der Waals surface area contributed by atoms with Gasteiger partial charge in [0.05, 0.1) is 23.1 Å². The third-order valence-electron chi connectivity index (χ3n) is 4.77. The van der Waals surface area contributed by atoms with Gasteiger partial charge in [-0.2, -0.15) is 5.26 Å². The summed E-state index contributed by atoms with van der Waals surface area (Å²) in [6, 6.07) is 23.9. The Kier molecular flexibility index (Phi) is 8.84. The number of aliphatic hydroxyl groups is 1. The minimum atomic E-state index is -1.03. The van der Waals surface area contributed by atoms with E-state index in [0.29, 0.717) is 22.1 Å². The molecule has 0 saturated heterocycles. The maximum absolute atomic E-state index is 12.1. The Morgan fingerprint density at radius 2 is 1.74 bits per heavy atom. The molecular formula is C25H26N2O2S2. The van der Waals surface area contributed by atoms with Crippen molar-refractivity contribution in [3.05, 3.63) is 72.3 Å². The van der Waals surface area contributed by atoms with Gasteiger partial charge in [-0.25, -0.2) is 4.98 Å². The zero-order valence-electron chi connectivity index (χ0n) is 17.5. The Morgan fingerprint density at radius 1 is 1.10 bits per heavy atom. The number of hydrogen-bond acceptors (Lipinski definition) is 5. The van der Waals surface area contributed by atoms with Crippen molar-refractivity contribution in [3.63, 3.8) is 0 Å². The third kappa shape index (κ3) is 6.51. The number of pyridine rings is 1. The largest absolute Gasteiger partial charge is 0.391 e. The van der Waals surface area contributed by atoms with Gasteiger partial charge in [-0.15, -0.1) is 11.8 Å². The maximum atomic E-state index is 12.1. The van der Waals surface area contributed by atoms with E-state index in [1.807, 2.05) is 66.7 Å². The quantitative estimate of drug-likeness (QED) is 0.425. The van der Waals surface area contributed by atoms with Crippen LogP contribution in [-0.2, 0) is 10.8 Å². The average Bonchev–Trinajstić information content (AvgIpc) is 2.81. The molecular weight excluding hydrogens is 424 g/mol. The summed E-state index contributed by atoms with van der Waals surface area (Å²) in [4.78, 5) is 4.75. The second kappa shape index (κ2) is 11.8. The number of nitriles is 1. The van der Waals surface area contributed by atoms with Crippen molar-refractivity contribution in [1.82, 2.24) is 4.98 Å². The van der Waals surface area contributed by atoms with E-state index in [0.717, 1.165) is 35.2 Å². The minimum Gasteiger partial charge on any atom is -0.391 e. The number of aliphatic hydroxyl groups excluding tert-OH is 1. The van der Waals surface area contributed by atoms with Gasteiger partial charge >= 0.3 is 0 Å². The van der Waals surface area contributed by atoms with Crippen molar-refractivity contribution in [2.24, 2.45) is 0 Å². The Hall–Kier alpha value is -2.46. The molecule has 0 saturated carbocycles. The summed E-state index contributed by atoms with van der Waals surface area (Å²) in [5, 5.41) is 20.9. The van der Waals surface area contributed by atoms with Gasteiger partial charge in [0.2, 0.25) is 0 Å². The first kappa shape index (κ1) is 23.2. The second-order valence-electron chi connectivity index (χ2n) is 7.21.